The topological polar surface area (TPSA) is 0 Å². The van der Waals surface area contributed by atoms with Gasteiger partial charge in [-0.05, 0) is 5.92 Å². The van der Waals surface area contributed by atoms with Gasteiger partial charge in [-0.3, -0.25) is 0 Å². The van der Waals surface area contributed by atoms with Crippen LogP contribution in [0.2, 0.25) is 0 Å². The zero-order valence-electron chi connectivity index (χ0n) is 19.8. The monoisotopic (exact) mass is 380 g/mol. The first-order valence-corrected chi connectivity index (χ1v) is 13.3. The van der Waals surface area contributed by atoms with Crippen molar-refractivity contribution in [1.29, 1.82) is 0 Å². The molecule has 0 aliphatic rings. The first-order chi connectivity index (χ1) is 13.3. The molecule has 0 aromatic carbocycles. The van der Waals surface area contributed by atoms with Gasteiger partial charge in [0, 0.05) is 0 Å². The first kappa shape index (κ1) is 27.0. The van der Waals surface area contributed by atoms with Gasteiger partial charge in [-0.15, -0.1) is 0 Å². The summed E-state index contributed by atoms with van der Waals surface area (Å²) in [6, 6.07) is 0. The zero-order valence-corrected chi connectivity index (χ0v) is 19.8. The molecular weight excluding hydrogens is 324 g/mol. The maximum absolute atomic E-state index is 2.36. The third-order valence-electron chi connectivity index (χ3n) is 6.38. The summed E-state index contributed by atoms with van der Waals surface area (Å²) >= 11 is 0. The van der Waals surface area contributed by atoms with E-state index >= 15 is 0 Å². The predicted molar refractivity (Wildman–Crippen MR) is 127 cm³/mol. The van der Waals surface area contributed by atoms with Crippen molar-refractivity contribution in [2.75, 3.05) is 0 Å². The van der Waals surface area contributed by atoms with E-state index in [0.717, 1.165) is 5.92 Å². The lowest BCUT2D eigenvalue weighted by Gasteiger charge is -2.15. The summed E-state index contributed by atoms with van der Waals surface area (Å²) in [7, 11) is 0. The van der Waals surface area contributed by atoms with E-state index in [1.165, 1.54) is 148 Å². The second-order valence-electron chi connectivity index (χ2n) is 9.24. The van der Waals surface area contributed by atoms with E-state index in [1.54, 1.807) is 0 Å². The Labute approximate surface area is 174 Å². The second-order valence-corrected chi connectivity index (χ2v) is 9.24. The molecule has 0 saturated heterocycles. The molecule has 0 aliphatic heterocycles. The summed E-state index contributed by atoms with van der Waals surface area (Å²) in [6.45, 7) is 6.99. The maximum Gasteiger partial charge on any atom is -0.0414 e. The van der Waals surface area contributed by atoms with E-state index in [9.17, 15) is 0 Å². The molecule has 1 atom stereocenters. The molecule has 0 heterocycles. The van der Waals surface area contributed by atoms with Gasteiger partial charge in [0.05, 0.1) is 0 Å². The van der Waals surface area contributed by atoms with Gasteiger partial charge in [-0.1, -0.05) is 168 Å². The van der Waals surface area contributed by atoms with Crippen LogP contribution in [0, 0.1) is 5.92 Å². The van der Waals surface area contributed by atoms with Crippen molar-refractivity contribution in [2.45, 2.75) is 168 Å². The SMILES string of the molecule is CCCCCCCCCCCCCCCCCCC(CCC)CCCCC. The minimum atomic E-state index is 1.04. The summed E-state index contributed by atoms with van der Waals surface area (Å²) in [5.74, 6) is 1.04. The van der Waals surface area contributed by atoms with Crippen LogP contribution in [0.15, 0.2) is 0 Å². The molecule has 0 amide bonds. The van der Waals surface area contributed by atoms with Crippen molar-refractivity contribution in [3.8, 4) is 0 Å². The highest BCUT2D eigenvalue weighted by atomic mass is 14.1. The fraction of sp³-hybridized carbons (Fsp3) is 1.00. The molecule has 0 radical (unpaired) electrons. The van der Waals surface area contributed by atoms with Gasteiger partial charge in [0.25, 0.3) is 0 Å². The fourth-order valence-electron chi connectivity index (χ4n) is 4.51. The molecule has 0 spiro atoms. The normalized spacial score (nSPS) is 12.6. The lowest BCUT2D eigenvalue weighted by Crippen LogP contribution is -2.00. The van der Waals surface area contributed by atoms with Crippen molar-refractivity contribution in [3.63, 3.8) is 0 Å². The second kappa shape index (κ2) is 24.0. The van der Waals surface area contributed by atoms with Crippen LogP contribution in [-0.4, -0.2) is 0 Å². The van der Waals surface area contributed by atoms with Crippen molar-refractivity contribution in [1.82, 2.24) is 0 Å². The van der Waals surface area contributed by atoms with Crippen LogP contribution >= 0.6 is 0 Å². The summed E-state index contributed by atoms with van der Waals surface area (Å²) < 4.78 is 0. The molecule has 0 bridgehead atoms. The lowest BCUT2D eigenvalue weighted by atomic mass is 9.91. The van der Waals surface area contributed by atoms with Gasteiger partial charge in [-0.2, -0.15) is 0 Å². The molecule has 0 rings (SSSR count). The lowest BCUT2D eigenvalue weighted by molar-refractivity contribution is 0.379. The molecule has 0 saturated carbocycles. The average Bonchev–Trinajstić information content (AvgIpc) is 2.67. The van der Waals surface area contributed by atoms with Crippen molar-refractivity contribution in [2.24, 2.45) is 5.92 Å². The van der Waals surface area contributed by atoms with Crippen LogP contribution in [0.4, 0.5) is 0 Å². The predicted octanol–water partition coefficient (Wildman–Crippen LogP) is 10.6. The van der Waals surface area contributed by atoms with Crippen LogP contribution in [0.25, 0.3) is 0 Å². The Bertz CT molecular complexity index is 244. The molecule has 0 N–H and O–H groups in total. The van der Waals surface area contributed by atoms with Crippen molar-refractivity contribution in [3.05, 3.63) is 0 Å². The average molecular weight is 381 g/mol. The van der Waals surface area contributed by atoms with Gasteiger partial charge >= 0.3 is 0 Å². The largest absolute Gasteiger partial charge is 0.0654 e. The zero-order chi connectivity index (χ0) is 19.8. The Hall–Kier alpha value is 0. The quantitative estimate of drug-likeness (QED) is 0.155. The molecule has 0 aliphatic carbocycles. The van der Waals surface area contributed by atoms with Crippen LogP contribution in [-0.2, 0) is 0 Å². The standard InChI is InChI=1S/C27H56/c1-4-7-9-10-11-12-13-14-15-16-17-18-19-20-21-23-26-27(24-6-3)25-22-8-5-2/h27H,4-26H2,1-3H3. The molecule has 0 aromatic rings. The van der Waals surface area contributed by atoms with Gasteiger partial charge in [0.1, 0.15) is 0 Å². The summed E-state index contributed by atoms with van der Waals surface area (Å²) in [5.41, 5.74) is 0. The Balaban J connectivity index is 3.23. The molecule has 0 aromatic heterocycles. The van der Waals surface area contributed by atoms with E-state index in [0.29, 0.717) is 0 Å². The van der Waals surface area contributed by atoms with Crippen LogP contribution < -0.4 is 0 Å². The van der Waals surface area contributed by atoms with Gasteiger partial charge in [-0.25, -0.2) is 0 Å². The highest BCUT2D eigenvalue weighted by molar-refractivity contribution is 4.60. The minimum Gasteiger partial charge on any atom is -0.0654 e. The summed E-state index contributed by atoms with van der Waals surface area (Å²) in [4.78, 5) is 0. The number of hydrogen-bond acceptors (Lipinski definition) is 0. The van der Waals surface area contributed by atoms with E-state index in [2.05, 4.69) is 20.8 Å². The minimum absolute atomic E-state index is 1.04. The highest BCUT2D eigenvalue weighted by Gasteiger charge is 2.07. The van der Waals surface area contributed by atoms with E-state index in [-0.39, 0.29) is 0 Å². The van der Waals surface area contributed by atoms with E-state index in [1.807, 2.05) is 0 Å². The van der Waals surface area contributed by atoms with Crippen molar-refractivity contribution >= 4 is 0 Å². The Morgan fingerprint density at radius 3 is 0.963 bits per heavy atom. The molecule has 1 unspecified atom stereocenters. The van der Waals surface area contributed by atoms with Gasteiger partial charge in [0.15, 0.2) is 0 Å². The van der Waals surface area contributed by atoms with Gasteiger partial charge in [0.2, 0.25) is 0 Å². The third kappa shape index (κ3) is 22.2. The summed E-state index contributed by atoms with van der Waals surface area (Å²) in [6.07, 6.45) is 33.8. The molecule has 0 fully saturated rings. The number of hydrogen-bond donors (Lipinski definition) is 0. The van der Waals surface area contributed by atoms with E-state index in [4.69, 9.17) is 0 Å². The molecule has 0 heteroatoms. The molecule has 27 heavy (non-hydrogen) atoms. The molecule has 164 valence electrons. The maximum atomic E-state index is 2.36. The van der Waals surface area contributed by atoms with Gasteiger partial charge < -0.3 is 0 Å². The number of rotatable bonds is 23. The third-order valence-corrected chi connectivity index (χ3v) is 6.38. The van der Waals surface area contributed by atoms with Crippen LogP contribution in [0.1, 0.15) is 168 Å². The fourth-order valence-corrected chi connectivity index (χ4v) is 4.51. The van der Waals surface area contributed by atoms with Crippen LogP contribution in [0.5, 0.6) is 0 Å². The highest BCUT2D eigenvalue weighted by Crippen LogP contribution is 2.22. The molecular formula is C27H56. The Kier molecular flexibility index (Phi) is 24.0. The Morgan fingerprint density at radius 2 is 0.593 bits per heavy atom. The summed E-state index contributed by atoms with van der Waals surface area (Å²) in [5, 5.41) is 0. The molecule has 0 nitrogen and oxygen atoms in total. The van der Waals surface area contributed by atoms with Crippen molar-refractivity contribution < 1.29 is 0 Å². The Morgan fingerprint density at radius 1 is 0.296 bits per heavy atom. The first-order valence-electron chi connectivity index (χ1n) is 13.3. The smallest absolute Gasteiger partial charge is 0.0414 e. The van der Waals surface area contributed by atoms with Crippen LogP contribution in [0.3, 0.4) is 0 Å². The number of unbranched alkanes of at least 4 members (excludes halogenated alkanes) is 17. The van der Waals surface area contributed by atoms with E-state index < -0.39 is 0 Å².